The standard InChI is InChI=1S/C12H13NO4/c1-17-12(16)7-3-2-4-8(5-7)13-10-6-9(10)11(14)15/h2-5,9-10,13H,6H2,1H3,(H,14,15). The van der Waals surface area contributed by atoms with Crippen molar-refractivity contribution in [3.8, 4) is 0 Å². The summed E-state index contributed by atoms with van der Waals surface area (Å²) >= 11 is 0. The summed E-state index contributed by atoms with van der Waals surface area (Å²) in [5.41, 5.74) is 1.19. The third-order valence-electron chi connectivity index (χ3n) is 2.74. The molecule has 1 aromatic carbocycles. The molecule has 0 saturated heterocycles. The molecule has 1 fully saturated rings. The van der Waals surface area contributed by atoms with Crippen molar-refractivity contribution in [3.05, 3.63) is 29.8 Å². The van der Waals surface area contributed by atoms with Gasteiger partial charge in [-0.3, -0.25) is 4.79 Å². The second-order valence-corrected chi connectivity index (χ2v) is 4.00. The molecule has 1 saturated carbocycles. The number of carbonyl (C=O) groups is 2. The molecule has 5 nitrogen and oxygen atoms in total. The molecule has 2 N–H and O–H groups in total. The minimum absolute atomic E-state index is 0.0413. The summed E-state index contributed by atoms with van der Waals surface area (Å²) in [6, 6.07) is 6.79. The number of ether oxygens (including phenoxy) is 1. The molecule has 0 aliphatic heterocycles. The van der Waals surface area contributed by atoms with Crippen LogP contribution in [0.1, 0.15) is 16.8 Å². The predicted molar refractivity (Wildman–Crippen MR) is 60.9 cm³/mol. The van der Waals surface area contributed by atoms with E-state index in [1.165, 1.54) is 7.11 Å². The van der Waals surface area contributed by atoms with Crippen molar-refractivity contribution in [1.29, 1.82) is 0 Å². The van der Waals surface area contributed by atoms with Crippen molar-refractivity contribution in [1.82, 2.24) is 0 Å². The van der Waals surface area contributed by atoms with Crippen molar-refractivity contribution in [3.63, 3.8) is 0 Å². The lowest BCUT2D eigenvalue weighted by Crippen LogP contribution is -2.10. The van der Waals surface area contributed by atoms with Gasteiger partial charge in [-0.1, -0.05) is 6.07 Å². The van der Waals surface area contributed by atoms with Gasteiger partial charge in [-0.05, 0) is 24.6 Å². The normalized spacial score (nSPS) is 21.7. The van der Waals surface area contributed by atoms with Gasteiger partial charge in [0.25, 0.3) is 0 Å². The lowest BCUT2D eigenvalue weighted by molar-refractivity contribution is -0.138. The zero-order valence-corrected chi connectivity index (χ0v) is 9.34. The van der Waals surface area contributed by atoms with Gasteiger partial charge in [0.2, 0.25) is 0 Å². The van der Waals surface area contributed by atoms with Gasteiger partial charge in [0.05, 0.1) is 18.6 Å². The van der Waals surface area contributed by atoms with Crippen LogP contribution >= 0.6 is 0 Å². The second kappa shape index (κ2) is 4.45. The molecule has 2 atom stereocenters. The van der Waals surface area contributed by atoms with Gasteiger partial charge in [0, 0.05) is 11.7 Å². The lowest BCUT2D eigenvalue weighted by atomic mass is 10.2. The van der Waals surface area contributed by atoms with Crippen LogP contribution in [0.25, 0.3) is 0 Å². The van der Waals surface area contributed by atoms with E-state index in [-0.39, 0.29) is 12.0 Å². The quantitative estimate of drug-likeness (QED) is 0.770. The molecule has 2 rings (SSSR count). The van der Waals surface area contributed by atoms with E-state index < -0.39 is 11.9 Å². The minimum Gasteiger partial charge on any atom is -0.481 e. The summed E-state index contributed by atoms with van der Waals surface area (Å²) in [5.74, 6) is -1.51. The number of carboxylic acid groups (broad SMARTS) is 1. The predicted octanol–water partition coefficient (Wildman–Crippen LogP) is 1.36. The molecular formula is C12H13NO4. The topological polar surface area (TPSA) is 75.6 Å². The van der Waals surface area contributed by atoms with Crippen molar-refractivity contribution in [2.24, 2.45) is 5.92 Å². The van der Waals surface area contributed by atoms with Gasteiger partial charge in [-0.15, -0.1) is 0 Å². The Morgan fingerprint density at radius 3 is 2.82 bits per heavy atom. The Kier molecular flexibility index (Phi) is 2.99. The fourth-order valence-electron chi connectivity index (χ4n) is 1.70. The Morgan fingerprint density at radius 2 is 2.24 bits per heavy atom. The molecule has 0 radical (unpaired) electrons. The Morgan fingerprint density at radius 1 is 1.47 bits per heavy atom. The maximum absolute atomic E-state index is 11.3. The summed E-state index contributed by atoms with van der Waals surface area (Å²) in [6.07, 6.45) is 0.623. The van der Waals surface area contributed by atoms with Crippen molar-refractivity contribution >= 4 is 17.6 Å². The van der Waals surface area contributed by atoms with Gasteiger partial charge < -0.3 is 15.2 Å². The number of methoxy groups -OCH3 is 1. The van der Waals surface area contributed by atoms with Crippen molar-refractivity contribution < 1.29 is 19.4 Å². The lowest BCUT2D eigenvalue weighted by Gasteiger charge is -2.06. The molecular weight excluding hydrogens is 222 g/mol. The van der Waals surface area contributed by atoms with Crippen LogP contribution in [0.15, 0.2) is 24.3 Å². The van der Waals surface area contributed by atoms with Gasteiger partial charge >= 0.3 is 11.9 Å². The summed E-state index contributed by atoms with van der Waals surface area (Å²) in [5, 5.41) is 11.8. The van der Waals surface area contributed by atoms with Crippen molar-refractivity contribution in [2.45, 2.75) is 12.5 Å². The zero-order valence-electron chi connectivity index (χ0n) is 9.34. The zero-order chi connectivity index (χ0) is 12.4. The number of aliphatic carboxylic acids is 1. The smallest absolute Gasteiger partial charge is 0.337 e. The summed E-state index contributed by atoms with van der Waals surface area (Å²) in [6.45, 7) is 0. The molecule has 0 aromatic heterocycles. The monoisotopic (exact) mass is 235 g/mol. The van der Waals surface area contributed by atoms with Crippen LogP contribution in [0.5, 0.6) is 0 Å². The van der Waals surface area contributed by atoms with E-state index in [4.69, 9.17) is 5.11 Å². The van der Waals surface area contributed by atoms with Crippen LogP contribution in [-0.4, -0.2) is 30.2 Å². The molecule has 0 spiro atoms. The van der Waals surface area contributed by atoms with E-state index in [1.807, 2.05) is 0 Å². The maximum Gasteiger partial charge on any atom is 0.337 e. The average Bonchev–Trinajstić information content (AvgIpc) is 3.08. The molecule has 2 unspecified atom stereocenters. The number of rotatable bonds is 4. The van der Waals surface area contributed by atoms with Crippen molar-refractivity contribution in [2.75, 3.05) is 12.4 Å². The first-order valence-corrected chi connectivity index (χ1v) is 5.29. The van der Waals surface area contributed by atoms with E-state index in [0.29, 0.717) is 12.0 Å². The van der Waals surface area contributed by atoms with Crippen LogP contribution in [0.3, 0.4) is 0 Å². The summed E-state index contributed by atoms with van der Waals surface area (Å²) in [7, 11) is 1.32. The van der Waals surface area contributed by atoms with E-state index in [1.54, 1.807) is 24.3 Å². The van der Waals surface area contributed by atoms with Crippen LogP contribution in [0, 0.1) is 5.92 Å². The largest absolute Gasteiger partial charge is 0.481 e. The number of anilines is 1. The summed E-state index contributed by atoms with van der Waals surface area (Å²) < 4.78 is 4.61. The first-order chi connectivity index (χ1) is 8.11. The highest BCUT2D eigenvalue weighted by atomic mass is 16.5. The number of carboxylic acids is 1. The number of hydrogen-bond acceptors (Lipinski definition) is 4. The maximum atomic E-state index is 11.3. The van der Waals surface area contributed by atoms with Gasteiger partial charge in [-0.25, -0.2) is 4.79 Å². The number of nitrogens with one attached hydrogen (secondary N) is 1. The van der Waals surface area contributed by atoms with E-state index in [2.05, 4.69) is 10.1 Å². The second-order valence-electron chi connectivity index (χ2n) is 4.00. The van der Waals surface area contributed by atoms with Gasteiger partial charge in [-0.2, -0.15) is 0 Å². The van der Waals surface area contributed by atoms with Gasteiger partial charge in [0.1, 0.15) is 0 Å². The van der Waals surface area contributed by atoms with Crippen LogP contribution in [0.2, 0.25) is 0 Å². The van der Waals surface area contributed by atoms with E-state index in [0.717, 1.165) is 5.69 Å². The first kappa shape index (κ1) is 11.4. The highest BCUT2D eigenvalue weighted by Crippen LogP contribution is 2.33. The molecule has 0 amide bonds. The van der Waals surface area contributed by atoms with E-state index in [9.17, 15) is 9.59 Å². The Labute approximate surface area is 98.4 Å². The highest BCUT2D eigenvalue weighted by Gasteiger charge is 2.43. The molecule has 1 aliphatic carbocycles. The van der Waals surface area contributed by atoms with E-state index >= 15 is 0 Å². The molecule has 1 aliphatic rings. The van der Waals surface area contributed by atoms with Crippen LogP contribution in [-0.2, 0) is 9.53 Å². The highest BCUT2D eigenvalue weighted by molar-refractivity contribution is 5.90. The number of carbonyl (C=O) groups excluding carboxylic acids is 1. The molecule has 90 valence electrons. The molecule has 0 heterocycles. The number of benzene rings is 1. The van der Waals surface area contributed by atoms with Crippen LogP contribution < -0.4 is 5.32 Å². The molecule has 17 heavy (non-hydrogen) atoms. The first-order valence-electron chi connectivity index (χ1n) is 5.29. The minimum atomic E-state index is -0.786. The average molecular weight is 235 g/mol. The van der Waals surface area contributed by atoms with Crippen LogP contribution in [0.4, 0.5) is 5.69 Å². The molecule has 1 aromatic rings. The SMILES string of the molecule is COC(=O)c1cccc(NC2CC2C(=O)O)c1. The fourth-order valence-corrected chi connectivity index (χ4v) is 1.70. The summed E-state index contributed by atoms with van der Waals surface area (Å²) in [4.78, 5) is 22.0. The Hall–Kier alpha value is -2.04. The fraction of sp³-hybridized carbons (Fsp3) is 0.333. The molecule has 5 heteroatoms. The Balaban J connectivity index is 2.03. The molecule has 0 bridgehead atoms. The third kappa shape index (κ3) is 2.55. The van der Waals surface area contributed by atoms with Gasteiger partial charge in [0.15, 0.2) is 0 Å². The number of hydrogen-bond donors (Lipinski definition) is 2. The third-order valence-corrected chi connectivity index (χ3v) is 2.74. The number of esters is 1. The Bertz CT molecular complexity index is 458.